The molecule has 11 heteroatoms. The van der Waals surface area contributed by atoms with Crippen LogP contribution in [-0.4, -0.2) is 59.5 Å². The van der Waals surface area contributed by atoms with Crippen molar-refractivity contribution in [3.05, 3.63) is 18.2 Å². The van der Waals surface area contributed by atoms with Crippen LogP contribution in [0.4, 0.5) is 0 Å². The van der Waals surface area contributed by atoms with E-state index in [1.54, 1.807) is 12.1 Å². The van der Waals surface area contributed by atoms with E-state index >= 15 is 0 Å². The molecule has 29 heavy (non-hydrogen) atoms. The van der Waals surface area contributed by atoms with E-state index < -0.39 is 15.9 Å². The molecule has 0 bridgehead atoms. The smallest absolute Gasteiger partial charge is 0.245 e. The molecule has 9 nitrogen and oxygen atoms in total. The zero-order chi connectivity index (χ0) is 21.0. The van der Waals surface area contributed by atoms with Crippen molar-refractivity contribution in [3.8, 4) is 0 Å². The van der Waals surface area contributed by atoms with E-state index in [9.17, 15) is 18.0 Å². The van der Waals surface area contributed by atoms with Crippen molar-refractivity contribution < 1.29 is 18.0 Å². The molecule has 2 aromatic rings. The van der Waals surface area contributed by atoms with Gasteiger partial charge in [0.05, 0.1) is 24.2 Å². The fourth-order valence-corrected chi connectivity index (χ4v) is 5.47. The fourth-order valence-electron chi connectivity index (χ4n) is 3.20. The fraction of sp³-hybridized carbons (Fsp3) is 0.556. The van der Waals surface area contributed by atoms with Gasteiger partial charge in [0.1, 0.15) is 15.9 Å². The second kappa shape index (κ2) is 9.14. The Labute approximate surface area is 174 Å². The lowest BCUT2D eigenvalue weighted by Crippen LogP contribution is -2.47. The lowest BCUT2D eigenvalue weighted by atomic mass is 9.99. The van der Waals surface area contributed by atoms with Gasteiger partial charge in [-0.25, -0.2) is 8.42 Å². The van der Waals surface area contributed by atoms with Gasteiger partial charge in [-0.2, -0.15) is 13.1 Å². The predicted octanol–water partition coefficient (Wildman–Crippen LogP) is 0.980. The maximum Gasteiger partial charge on any atom is 0.245 e. The summed E-state index contributed by atoms with van der Waals surface area (Å²) in [5.41, 5.74) is 0.890. The highest BCUT2D eigenvalue weighted by atomic mass is 32.2. The second-order valence-corrected chi connectivity index (χ2v) is 9.94. The highest BCUT2D eigenvalue weighted by Gasteiger charge is 2.34. The number of piperidine rings is 1. The lowest BCUT2D eigenvalue weighted by Gasteiger charge is -2.31. The van der Waals surface area contributed by atoms with E-state index in [2.05, 4.69) is 19.4 Å². The number of carbonyl (C=O) groups excluding carboxylic acids is 2. The van der Waals surface area contributed by atoms with Gasteiger partial charge in [0.25, 0.3) is 0 Å². The zero-order valence-electron chi connectivity index (χ0n) is 16.4. The van der Waals surface area contributed by atoms with Crippen LogP contribution in [0.25, 0.3) is 11.0 Å². The van der Waals surface area contributed by atoms with Crippen LogP contribution in [0, 0.1) is 11.8 Å². The van der Waals surface area contributed by atoms with Gasteiger partial charge < -0.3 is 10.6 Å². The summed E-state index contributed by atoms with van der Waals surface area (Å²) in [6, 6.07) is 4.87. The van der Waals surface area contributed by atoms with Crippen LogP contribution in [0.1, 0.15) is 26.7 Å². The molecule has 1 fully saturated rings. The number of hydrogen-bond donors (Lipinski definition) is 2. The number of sulfonamides is 1. The van der Waals surface area contributed by atoms with Crippen LogP contribution in [-0.2, 0) is 19.6 Å². The van der Waals surface area contributed by atoms with Crippen LogP contribution in [0.15, 0.2) is 23.1 Å². The average Bonchev–Trinajstić information content (AvgIpc) is 3.19. The number of carbonyl (C=O) groups is 2. The van der Waals surface area contributed by atoms with Gasteiger partial charge >= 0.3 is 0 Å². The largest absolute Gasteiger partial charge is 0.354 e. The van der Waals surface area contributed by atoms with E-state index in [1.807, 2.05) is 13.8 Å². The Bertz CT molecular complexity index is 989. The molecule has 1 aliphatic rings. The van der Waals surface area contributed by atoms with Crippen molar-refractivity contribution in [2.24, 2.45) is 11.8 Å². The molecule has 1 saturated heterocycles. The van der Waals surface area contributed by atoms with E-state index in [-0.39, 0.29) is 29.8 Å². The van der Waals surface area contributed by atoms with Gasteiger partial charge in [-0.15, -0.1) is 0 Å². The van der Waals surface area contributed by atoms with Gasteiger partial charge in [0, 0.05) is 19.6 Å². The first-order valence-electron chi connectivity index (χ1n) is 9.55. The quantitative estimate of drug-likeness (QED) is 0.663. The van der Waals surface area contributed by atoms with E-state index in [4.69, 9.17) is 0 Å². The molecule has 2 heterocycles. The monoisotopic (exact) mass is 439 g/mol. The molecular weight excluding hydrogens is 414 g/mol. The Balaban J connectivity index is 1.65. The van der Waals surface area contributed by atoms with Crippen molar-refractivity contribution >= 4 is 44.6 Å². The number of aromatic nitrogens is 2. The van der Waals surface area contributed by atoms with Crippen molar-refractivity contribution in [2.45, 2.75) is 31.6 Å². The molecule has 0 saturated carbocycles. The molecule has 1 aromatic carbocycles. The van der Waals surface area contributed by atoms with Crippen molar-refractivity contribution in [1.82, 2.24) is 23.7 Å². The maximum absolute atomic E-state index is 13.1. The van der Waals surface area contributed by atoms with E-state index in [0.717, 1.165) is 11.7 Å². The minimum absolute atomic E-state index is 0.0791. The van der Waals surface area contributed by atoms with E-state index in [1.165, 1.54) is 10.4 Å². The summed E-state index contributed by atoms with van der Waals surface area (Å²) in [5.74, 6) is -0.735. The molecule has 1 aliphatic heterocycles. The normalized spacial score (nSPS) is 18.1. The van der Waals surface area contributed by atoms with Crippen molar-refractivity contribution in [3.63, 3.8) is 0 Å². The molecule has 0 spiro atoms. The Morgan fingerprint density at radius 1 is 1.28 bits per heavy atom. The number of amides is 2. The molecule has 2 amide bonds. The maximum atomic E-state index is 13.1. The Hall–Kier alpha value is -2.11. The summed E-state index contributed by atoms with van der Waals surface area (Å²) in [7, 11) is -3.80. The Morgan fingerprint density at radius 2 is 2.07 bits per heavy atom. The zero-order valence-corrected chi connectivity index (χ0v) is 18.1. The molecule has 1 aromatic heterocycles. The average molecular weight is 440 g/mol. The number of rotatable bonds is 7. The van der Waals surface area contributed by atoms with Gasteiger partial charge in [-0.3, -0.25) is 9.59 Å². The van der Waals surface area contributed by atoms with Gasteiger partial charge in [0.15, 0.2) is 0 Å². The van der Waals surface area contributed by atoms with Gasteiger partial charge in [0.2, 0.25) is 21.8 Å². The molecule has 2 N–H and O–H groups in total. The summed E-state index contributed by atoms with van der Waals surface area (Å²) < 4.78 is 35.8. The number of benzene rings is 1. The summed E-state index contributed by atoms with van der Waals surface area (Å²) >= 11 is 0.965. The highest BCUT2D eigenvalue weighted by molar-refractivity contribution is 7.89. The number of fused-ring (bicyclic) bond motifs is 1. The van der Waals surface area contributed by atoms with Crippen LogP contribution in [0.2, 0.25) is 0 Å². The standard InChI is InChI=1S/C18H25N5O4S2/c1-12(2)9-19-16(24)10-20-18(25)13-5-4-8-23(11-13)29(26,27)15-7-3-6-14-17(15)22-28-21-14/h3,6-7,12-13H,4-5,8-11H2,1-2H3,(H,19,24)(H,20,25)/t13-/m0/s1. The third-order valence-electron chi connectivity index (χ3n) is 4.75. The third kappa shape index (κ3) is 5.09. The van der Waals surface area contributed by atoms with Crippen LogP contribution in [0.3, 0.4) is 0 Å². The van der Waals surface area contributed by atoms with Gasteiger partial charge in [-0.1, -0.05) is 19.9 Å². The topological polar surface area (TPSA) is 121 Å². The summed E-state index contributed by atoms with van der Waals surface area (Å²) in [6.45, 7) is 4.82. The Kier molecular flexibility index (Phi) is 6.81. The molecular formula is C18H25N5O4S2. The molecule has 1 atom stereocenters. The predicted molar refractivity (Wildman–Crippen MR) is 110 cm³/mol. The second-order valence-electron chi connectivity index (χ2n) is 7.51. The number of nitrogens with zero attached hydrogens (tertiary/aromatic N) is 3. The first-order chi connectivity index (χ1) is 13.8. The van der Waals surface area contributed by atoms with Crippen LogP contribution >= 0.6 is 11.7 Å². The minimum atomic E-state index is -3.80. The molecule has 0 aliphatic carbocycles. The summed E-state index contributed by atoms with van der Waals surface area (Å²) in [5, 5.41) is 5.36. The number of nitrogens with one attached hydrogen (secondary N) is 2. The molecule has 3 rings (SSSR count). The number of hydrogen-bond acceptors (Lipinski definition) is 7. The molecule has 0 unspecified atom stereocenters. The molecule has 0 radical (unpaired) electrons. The van der Waals surface area contributed by atoms with Gasteiger partial charge in [-0.05, 0) is 30.9 Å². The third-order valence-corrected chi connectivity index (χ3v) is 7.19. The lowest BCUT2D eigenvalue weighted by molar-refractivity contribution is -0.129. The first kappa shape index (κ1) is 21.6. The van der Waals surface area contributed by atoms with Crippen molar-refractivity contribution in [2.75, 3.05) is 26.2 Å². The van der Waals surface area contributed by atoms with Crippen molar-refractivity contribution in [1.29, 1.82) is 0 Å². The molecule has 158 valence electrons. The summed E-state index contributed by atoms with van der Waals surface area (Å²) in [4.78, 5) is 24.4. The van der Waals surface area contributed by atoms with Crippen LogP contribution in [0.5, 0.6) is 0 Å². The van der Waals surface area contributed by atoms with Crippen LogP contribution < -0.4 is 10.6 Å². The Morgan fingerprint density at radius 3 is 2.83 bits per heavy atom. The SMILES string of the molecule is CC(C)CNC(=O)CNC(=O)[C@H]1CCCN(S(=O)(=O)c2cccc3nsnc23)C1. The first-order valence-corrected chi connectivity index (χ1v) is 11.7. The van der Waals surface area contributed by atoms with E-state index in [0.29, 0.717) is 42.9 Å². The minimum Gasteiger partial charge on any atom is -0.354 e. The summed E-state index contributed by atoms with van der Waals surface area (Å²) in [6.07, 6.45) is 1.15. The highest BCUT2D eigenvalue weighted by Crippen LogP contribution is 2.28.